The number of halogens is 7. The second kappa shape index (κ2) is 9.31. The third-order valence-electron chi connectivity index (χ3n) is 5.39. The topological polar surface area (TPSA) is 93.1 Å². The van der Waals surface area contributed by atoms with Crippen LogP contribution in [0.1, 0.15) is 12.5 Å². The van der Waals surface area contributed by atoms with E-state index >= 15 is 0 Å². The van der Waals surface area contributed by atoms with Gasteiger partial charge < -0.3 is 9.88 Å². The summed E-state index contributed by atoms with van der Waals surface area (Å²) in [6.07, 6.45) is -3.52. The van der Waals surface area contributed by atoms with Crippen LogP contribution < -0.4 is 10.0 Å². The molecule has 0 fully saturated rings. The summed E-state index contributed by atoms with van der Waals surface area (Å²) in [4.78, 5) is 13.1. The molecular formula is C23H15F7N4O3S. The van der Waals surface area contributed by atoms with E-state index in [9.17, 15) is 43.9 Å². The number of amides is 1. The number of carbonyl (C=O) groups excluding carboxylic acids is 1. The van der Waals surface area contributed by atoms with Crippen LogP contribution in [0.2, 0.25) is 0 Å². The summed E-state index contributed by atoms with van der Waals surface area (Å²) >= 11 is 0. The Labute approximate surface area is 210 Å². The first kappa shape index (κ1) is 26.9. The number of aromatic nitrogens is 2. The van der Waals surface area contributed by atoms with Gasteiger partial charge in [0.15, 0.2) is 28.2 Å². The average molecular weight is 560 g/mol. The maximum Gasteiger partial charge on any atom is 0.417 e. The lowest BCUT2D eigenvalue weighted by Gasteiger charge is -2.16. The molecule has 7 nitrogen and oxygen atoms in total. The number of nitrogens with one attached hydrogen (secondary N) is 2. The van der Waals surface area contributed by atoms with Crippen molar-refractivity contribution in [2.45, 2.75) is 18.0 Å². The molecule has 4 rings (SSSR count). The van der Waals surface area contributed by atoms with Crippen LogP contribution >= 0.6 is 0 Å². The normalized spacial score (nSPS) is 12.1. The molecule has 0 aliphatic carbocycles. The molecule has 0 unspecified atom stereocenters. The third kappa shape index (κ3) is 4.76. The first-order valence-corrected chi connectivity index (χ1v) is 11.9. The summed E-state index contributed by atoms with van der Waals surface area (Å²) in [6, 6.07) is 6.36. The van der Waals surface area contributed by atoms with Gasteiger partial charge in [0.2, 0.25) is 5.91 Å². The van der Waals surface area contributed by atoms with Crippen molar-refractivity contribution >= 4 is 38.3 Å². The standard InChI is InChI=1S/C23H15F7N4O3S/c1-10(35)32-21-17(24)19(26)22(20(27)18(21)25)38(36,37)33-12-5-3-4-11(6-12)13-7-15-16(34(2)9-31-15)8-14(13)23(28,29)30/h3-9,33H,1-2H3,(H,32,35). The second-order valence-electron chi connectivity index (χ2n) is 8.07. The number of aryl methyl sites for hydroxylation is 1. The van der Waals surface area contributed by atoms with Crippen molar-refractivity contribution in [2.75, 3.05) is 10.0 Å². The summed E-state index contributed by atoms with van der Waals surface area (Å²) in [5.41, 5.74) is -3.21. The number of rotatable bonds is 5. The Morgan fingerprint density at radius 1 is 0.974 bits per heavy atom. The lowest BCUT2D eigenvalue weighted by molar-refractivity contribution is -0.137. The van der Waals surface area contributed by atoms with Crippen LogP contribution in [0, 0.1) is 23.3 Å². The summed E-state index contributed by atoms with van der Waals surface area (Å²) < 4.78 is 128. The van der Waals surface area contributed by atoms with Crippen molar-refractivity contribution in [1.29, 1.82) is 0 Å². The van der Waals surface area contributed by atoms with Gasteiger partial charge in [-0.25, -0.2) is 31.0 Å². The van der Waals surface area contributed by atoms with Gasteiger partial charge >= 0.3 is 6.18 Å². The minimum Gasteiger partial charge on any atom is -0.334 e. The van der Waals surface area contributed by atoms with Crippen LogP contribution in [0.25, 0.3) is 22.2 Å². The number of nitrogens with zero attached hydrogens (tertiary/aromatic N) is 2. The molecule has 0 aliphatic rings. The number of anilines is 2. The number of hydrogen-bond acceptors (Lipinski definition) is 4. The smallest absolute Gasteiger partial charge is 0.334 e. The molecule has 0 atom stereocenters. The Bertz CT molecular complexity index is 1690. The van der Waals surface area contributed by atoms with Crippen LogP contribution in [-0.4, -0.2) is 23.9 Å². The minimum atomic E-state index is -5.36. The summed E-state index contributed by atoms with van der Waals surface area (Å²) in [7, 11) is -3.87. The molecule has 0 radical (unpaired) electrons. The zero-order valence-electron chi connectivity index (χ0n) is 19.2. The van der Waals surface area contributed by atoms with Crippen molar-refractivity contribution in [3.63, 3.8) is 0 Å². The zero-order chi connectivity index (χ0) is 28.2. The summed E-state index contributed by atoms with van der Waals surface area (Å²) in [5, 5.41) is 1.53. The molecule has 0 saturated heterocycles. The molecule has 0 saturated carbocycles. The van der Waals surface area contributed by atoms with Crippen molar-refractivity contribution in [3.05, 3.63) is 71.6 Å². The van der Waals surface area contributed by atoms with Gasteiger partial charge in [0.1, 0.15) is 5.69 Å². The highest BCUT2D eigenvalue weighted by atomic mass is 32.2. The van der Waals surface area contributed by atoms with Gasteiger partial charge in [-0.1, -0.05) is 12.1 Å². The summed E-state index contributed by atoms with van der Waals surface area (Å²) in [5.74, 6) is -10.1. The Morgan fingerprint density at radius 3 is 2.18 bits per heavy atom. The predicted molar refractivity (Wildman–Crippen MR) is 123 cm³/mol. The average Bonchev–Trinajstić information content (AvgIpc) is 3.18. The second-order valence-corrected chi connectivity index (χ2v) is 9.69. The first-order chi connectivity index (χ1) is 17.6. The number of benzene rings is 3. The van der Waals surface area contributed by atoms with E-state index in [1.165, 1.54) is 29.3 Å². The van der Waals surface area contributed by atoms with Gasteiger partial charge in [-0.15, -0.1) is 0 Å². The molecule has 4 aromatic rings. The number of imidazole rings is 1. The molecule has 2 N–H and O–H groups in total. The molecular weight excluding hydrogens is 545 g/mol. The van der Waals surface area contributed by atoms with Crippen molar-refractivity contribution < 1.29 is 43.9 Å². The minimum absolute atomic E-state index is 0.149. The molecule has 15 heteroatoms. The maximum atomic E-state index is 14.5. The maximum absolute atomic E-state index is 14.5. The molecule has 1 aromatic heterocycles. The molecule has 1 heterocycles. The van der Waals surface area contributed by atoms with Crippen molar-refractivity contribution in [2.24, 2.45) is 7.05 Å². The third-order valence-corrected chi connectivity index (χ3v) is 6.79. The van der Waals surface area contributed by atoms with Crippen molar-refractivity contribution in [3.8, 4) is 11.1 Å². The lowest BCUT2D eigenvalue weighted by atomic mass is 9.98. The highest BCUT2D eigenvalue weighted by Gasteiger charge is 2.36. The fraction of sp³-hybridized carbons (Fsp3) is 0.130. The quantitative estimate of drug-likeness (QED) is 0.247. The monoisotopic (exact) mass is 560 g/mol. The van der Waals surface area contributed by atoms with E-state index in [0.29, 0.717) is 0 Å². The highest BCUT2D eigenvalue weighted by molar-refractivity contribution is 7.92. The molecule has 0 aliphatic heterocycles. The predicted octanol–water partition coefficient (Wildman–Crippen LogP) is 5.57. The van der Waals surface area contributed by atoms with Crippen molar-refractivity contribution in [1.82, 2.24) is 9.55 Å². The van der Waals surface area contributed by atoms with E-state index in [2.05, 4.69) is 4.98 Å². The molecule has 38 heavy (non-hydrogen) atoms. The van der Waals surface area contributed by atoms with E-state index in [-0.39, 0.29) is 22.2 Å². The largest absolute Gasteiger partial charge is 0.417 e. The van der Waals surface area contributed by atoms with Crippen LogP contribution in [0.5, 0.6) is 0 Å². The Kier molecular flexibility index (Phi) is 6.59. The number of alkyl halides is 3. The van der Waals surface area contributed by atoms with Gasteiger partial charge in [-0.2, -0.15) is 13.2 Å². The molecule has 1 amide bonds. The fourth-order valence-electron chi connectivity index (χ4n) is 3.74. The molecule has 0 spiro atoms. The number of carbonyl (C=O) groups is 1. The Morgan fingerprint density at radius 2 is 1.61 bits per heavy atom. The van der Waals surface area contributed by atoms with Crippen LogP contribution in [-0.2, 0) is 28.0 Å². The fourth-order valence-corrected chi connectivity index (χ4v) is 4.93. The van der Waals surface area contributed by atoms with Gasteiger partial charge in [-0.05, 0) is 35.4 Å². The molecule has 200 valence electrons. The van der Waals surface area contributed by atoms with E-state index in [1.807, 2.05) is 0 Å². The lowest BCUT2D eigenvalue weighted by Crippen LogP contribution is -2.20. The van der Waals surface area contributed by atoms with Gasteiger partial charge in [-0.3, -0.25) is 9.52 Å². The molecule has 3 aromatic carbocycles. The zero-order valence-corrected chi connectivity index (χ0v) is 20.0. The van der Waals surface area contributed by atoms with E-state index in [4.69, 9.17) is 0 Å². The van der Waals surface area contributed by atoms with E-state index in [1.54, 1.807) is 4.72 Å². The number of fused-ring (bicyclic) bond motifs is 1. The highest BCUT2D eigenvalue weighted by Crippen LogP contribution is 2.40. The SMILES string of the molecule is CC(=O)Nc1c(F)c(F)c(S(=O)(=O)Nc2cccc(-c3cc4ncn(C)c4cc3C(F)(F)F)c2)c(F)c1F. The van der Waals surface area contributed by atoms with E-state index < -0.39 is 67.2 Å². The van der Waals surface area contributed by atoms with Gasteiger partial charge in [0.25, 0.3) is 10.0 Å². The van der Waals surface area contributed by atoms with E-state index in [0.717, 1.165) is 37.3 Å². The summed E-state index contributed by atoms with van der Waals surface area (Å²) in [6.45, 7) is 0.795. The Balaban J connectivity index is 1.80. The van der Waals surface area contributed by atoms with Crippen LogP contribution in [0.4, 0.5) is 42.1 Å². The van der Waals surface area contributed by atoms with Gasteiger partial charge in [0, 0.05) is 19.7 Å². The number of hydrogen-bond donors (Lipinski definition) is 2. The molecule has 0 bridgehead atoms. The van der Waals surface area contributed by atoms with Crippen LogP contribution in [0.3, 0.4) is 0 Å². The first-order valence-electron chi connectivity index (χ1n) is 10.4. The Hall–Kier alpha value is -4.14. The van der Waals surface area contributed by atoms with Crippen LogP contribution in [0.15, 0.2) is 47.6 Å². The van der Waals surface area contributed by atoms with Gasteiger partial charge in [0.05, 0.1) is 22.9 Å². The number of sulfonamides is 1.